The van der Waals surface area contributed by atoms with Gasteiger partial charge in [-0.05, 0) is 44.0 Å². The zero-order valence-corrected chi connectivity index (χ0v) is 18.4. The molecule has 1 aromatic carbocycles. The topological polar surface area (TPSA) is 94.9 Å². The monoisotopic (exact) mass is 438 g/mol. The molecule has 0 radical (unpaired) electrons. The van der Waals surface area contributed by atoms with Gasteiger partial charge < -0.3 is 20.0 Å². The van der Waals surface area contributed by atoms with E-state index in [2.05, 4.69) is 10.6 Å². The van der Waals surface area contributed by atoms with Crippen molar-refractivity contribution in [3.05, 3.63) is 53.5 Å². The van der Waals surface area contributed by atoms with E-state index >= 15 is 0 Å². The number of nitrogens with one attached hydrogen (secondary N) is 2. The Morgan fingerprint density at radius 1 is 1.00 bits per heavy atom. The fourth-order valence-electron chi connectivity index (χ4n) is 4.33. The normalized spacial score (nSPS) is 17.3. The molecular formula is C24H30N4O4. The molecule has 2 N–H and O–H groups in total. The molecule has 1 aliphatic carbocycles. The predicted octanol–water partition coefficient (Wildman–Crippen LogP) is 2.66. The summed E-state index contributed by atoms with van der Waals surface area (Å²) in [5, 5.41) is 5.96. The van der Waals surface area contributed by atoms with Crippen LogP contribution in [0.1, 0.15) is 52.4 Å². The molecule has 8 heteroatoms. The van der Waals surface area contributed by atoms with Gasteiger partial charge in [0.25, 0.3) is 11.8 Å². The van der Waals surface area contributed by atoms with Gasteiger partial charge in [0, 0.05) is 32.2 Å². The number of rotatable bonds is 6. The molecule has 32 heavy (non-hydrogen) atoms. The highest BCUT2D eigenvalue weighted by Crippen LogP contribution is 2.20. The van der Waals surface area contributed by atoms with Crippen LogP contribution >= 0.6 is 0 Å². The van der Waals surface area contributed by atoms with Crippen molar-refractivity contribution >= 4 is 23.4 Å². The van der Waals surface area contributed by atoms with Gasteiger partial charge in [-0.1, -0.05) is 25.0 Å². The molecule has 0 unspecified atom stereocenters. The third-order valence-electron chi connectivity index (χ3n) is 6.11. The number of aryl methyl sites for hydroxylation is 1. The smallest absolute Gasteiger partial charge is 0.289 e. The molecule has 0 atom stereocenters. The van der Waals surface area contributed by atoms with Crippen LogP contribution in [-0.2, 0) is 4.79 Å². The Morgan fingerprint density at radius 3 is 2.41 bits per heavy atom. The minimum atomic E-state index is -0.174. The molecule has 1 aromatic heterocycles. The molecule has 1 saturated carbocycles. The first-order valence-electron chi connectivity index (χ1n) is 11.3. The van der Waals surface area contributed by atoms with E-state index in [1.54, 1.807) is 35.2 Å². The average molecular weight is 439 g/mol. The number of amides is 3. The lowest BCUT2D eigenvalue weighted by atomic mass is 10.1. The molecule has 1 saturated heterocycles. The zero-order chi connectivity index (χ0) is 22.5. The second-order valence-electron chi connectivity index (χ2n) is 8.53. The Labute approximate surface area is 187 Å². The lowest BCUT2D eigenvalue weighted by Gasteiger charge is -2.33. The number of hydrogen-bond donors (Lipinski definition) is 2. The van der Waals surface area contributed by atoms with Crippen molar-refractivity contribution in [1.29, 1.82) is 0 Å². The highest BCUT2D eigenvalue weighted by atomic mass is 16.3. The summed E-state index contributed by atoms with van der Waals surface area (Å²) in [6.07, 6.45) is 4.30. The maximum atomic E-state index is 12.7. The maximum Gasteiger partial charge on any atom is 0.289 e. The Bertz CT molecular complexity index is 972. The number of carbonyl (C=O) groups excluding carboxylic acids is 3. The summed E-state index contributed by atoms with van der Waals surface area (Å²) in [6.45, 7) is 4.29. The van der Waals surface area contributed by atoms with Crippen LogP contribution in [0.4, 0.5) is 5.69 Å². The number of carbonyl (C=O) groups is 3. The maximum absolute atomic E-state index is 12.7. The van der Waals surface area contributed by atoms with E-state index in [4.69, 9.17) is 4.42 Å². The number of piperazine rings is 1. The van der Waals surface area contributed by atoms with Crippen molar-refractivity contribution in [1.82, 2.24) is 15.1 Å². The van der Waals surface area contributed by atoms with Gasteiger partial charge in [-0.15, -0.1) is 0 Å². The molecule has 2 heterocycles. The number of furan rings is 1. The highest BCUT2D eigenvalue weighted by Gasteiger charge is 2.25. The van der Waals surface area contributed by atoms with E-state index in [9.17, 15) is 14.4 Å². The summed E-state index contributed by atoms with van der Waals surface area (Å²) in [5.74, 6) is 0.618. The van der Waals surface area contributed by atoms with Crippen LogP contribution in [0.15, 0.2) is 40.8 Å². The number of hydrogen-bond acceptors (Lipinski definition) is 5. The van der Waals surface area contributed by atoms with Gasteiger partial charge in [0.2, 0.25) is 5.91 Å². The molecule has 2 aromatic rings. The van der Waals surface area contributed by atoms with Crippen molar-refractivity contribution < 1.29 is 18.8 Å². The fourth-order valence-corrected chi connectivity index (χ4v) is 4.33. The molecule has 1 aliphatic heterocycles. The first kappa shape index (κ1) is 22.1. The van der Waals surface area contributed by atoms with Gasteiger partial charge in [-0.3, -0.25) is 19.3 Å². The summed E-state index contributed by atoms with van der Waals surface area (Å²) in [5.41, 5.74) is 1.01. The van der Waals surface area contributed by atoms with Crippen molar-refractivity contribution in [2.24, 2.45) is 0 Å². The van der Waals surface area contributed by atoms with Crippen LogP contribution in [0.25, 0.3) is 0 Å². The molecule has 2 fully saturated rings. The van der Waals surface area contributed by atoms with Gasteiger partial charge in [-0.2, -0.15) is 0 Å². The Kier molecular flexibility index (Phi) is 6.90. The van der Waals surface area contributed by atoms with Crippen molar-refractivity contribution in [2.45, 2.75) is 38.6 Å². The van der Waals surface area contributed by atoms with E-state index in [0.29, 0.717) is 49.0 Å². The van der Waals surface area contributed by atoms with Gasteiger partial charge >= 0.3 is 0 Å². The molecule has 0 bridgehead atoms. The lowest BCUT2D eigenvalue weighted by molar-refractivity contribution is -0.117. The SMILES string of the molecule is Cc1ccc(C(=O)N2CCN(CC(=O)Nc3ccccc3C(=O)NC3CCCC3)CC2)o1. The molecule has 170 valence electrons. The molecule has 3 amide bonds. The Balaban J connectivity index is 1.28. The summed E-state index contributed by atoms with van der Waals surface area (Å²) >= 11 is 0. The van der Waals surface area contributed by atoms with E-state index < -0.39 is 0 Å². The van der Waals surface area contributed by atoms with Crippen LogP contribution in [0.3, 0.4) is 0 Å². The lowest BCUT2D eigenvalue weighted by Crippen LogP contribution is -2.50. The summed E-state index contributed by atoms with van der Waals surface area (Å²) in [7, 11) is 0. The largest absolute Gasteiger partial charge is 0.456 e. The minimum absolute atomic E-state index is 0.121. The molecule has 8 nitrogen and oxygen atoms in total. The highest BCUT2D eigenvalue weighted by molar-refractivity contribution is 6.04. The first-order valence-corrected chi connectivity index (χ1v) is 11.3. The Hall–Kier alpha value is -3.13. The number of nitrogens with zero attached hydrogens (tertiary/aromatic N) is 2. The van der Waals surface area contributed by atoms with Gasteiger partial charge in [0.1, 0.15) is 5.76 Å². The van der Waals surface area contributed by atoms with Crippen molar-refractivity contribution in [2.75, 3.05) is 38.0 Å². The van der Waals surface area contributed by atoms with Crippen LogP contribution in [-0.4, -0.2) is 66.3 Å². The van der Waals surface area contributed by atoms with Gasteiger partial charge in [0.05, 0.1) is 17.8 Å². The van der Waals surface area contributed by atoms with E-state index in [-0.39, 0.29) is 30.3 Å². The van der Waals surface area contributed by atoms with Crippen LogP contribution in [0.5, 0.6) is 0 Å². The standard InChI is InChI=1S/C24H30N4O4/c1-17-10-11-21(32-17)24(31)28-14-12-27(13-15-28)16-22(29)26-20-9-5-4-8-19(20)23(30)25-18-6-2-3-7-18/h4-5,8-11,18H,2-3,6-7,12-16H2,1H3,(H,25,30)(H,26,29). The minimum Gasteiger partial charge on any atom is -0.456 e. The fraction of sp³-hybridized carbons (Fsp3) is 0.458. The van der Waals surface area contributed by atoms with E-state index in [0.717, 1.165) is 25.7 Å². The summed E-state index contributed by atoms with van der Waals surface area (Å²) in [4.78, 5) is 41.6. The van der Waals surface area contributed by atoms with Gasteiger partial charge in [0.15, 0.2) is 5.76 Å². The number of benzene rings is 1. The van der Waals surface area contributed by atoms with Crippen molar-refractivity contribution in [3.63, 3.8) is 0 Å². The molecular weight excluding hydrogens is 408 g/mol. The Morgan fingerprint density at radius 2 is 1.72 bits per heavy atom. The van der Waals surface area contributed by atoms with Crippen LogP contribution in [0, 0.1) is 6.92 Å². The molecule has 0 spiro atoms. The van der Waals surface area contributed by atoms with Crippen LogP contribution < -0.4 is 10.6 Å². The average Bonchev–Trinajstić information content (AvgIpc) is 3.46. The summed E-state index contributed by atoms with van der Waals surface area (Å²) in [6, 6.07) is 10.8. The predicted molar refractivity (Wildman–Crippen MR) is 121 cm³/mol. The van der Waals surface area contributed by atoms with E-state index in [1.807, 2.05) is 17.9 Å². The molecule has 4 rings (SSSR count). The van der Waals surface area contributed by atoms with Crippen molar-refractivity contribution in [3.8, 4) is 0 Å². The zero-order valence-electron chi connectivity index (χ0n) is 18.4. The third-order valence-corrected chi connectivity index (χ3v) is 6.11. The summed E-state index contributed by atoms with van der Waals surface area (Å²) < 4.78 is 5.43. The van der Waals surface area contributed by atoms with Crippen LogP contribution in [0.2, 0.25) is 0 Å². The quantitative estimate of drug-likeness (QED) is 0.723. The van der Waals surface area contributed by atoms with E-state index in [1.165, 1.54) is 0 Å². The third kappa shape index (κ3) is 5.37. The number of para-hydroxylation sites is 1. The number of anilines is 1. The second-order valence-corrected chi connectivity index (χ2v) is 8.53. The van der Waals surface area contributed by atoms with Gasteiger partial charge in [-0.25, -0.2) is 0 Å². The first-order chi connectivity index (χ1) is 15.5. The molecule has 2 aliphatic rings. The second kappa shape index (κ2) is 9.99.